The van der Waals surface area contributed by atoms with Gasteiger partial charge in [-0.1, -0.05) is 61.5 Å². The fourth-order valence-corrected chi connectivity index (χ4v) is 13.0. The van der Waals surface area contributed by atoms with Gasteiger partial charge in [-0.25, -0.2) is 33.1 Å². The van der Waals surface area contributed by atoms with E-state index in [0.29, 0.717) is 51.2 Å². The molecule has 0 fully saturated rings. The summed E-state index contributed by atoms with van der Waals surface area (Å²) in [7, 11) is 8.39. The maximum atomic E-state index is 13.0. The number of terminal acetylenes is 1. The van der Waals surface area contributed by atoms with E-state index in [1.54, 1.807) is 48.5 Å². The second-order valence-corrected chi connectivity index (χ2v) is 27.3. The Morgan fingerprint density at radius 1 is 0.330 bits per heavy atom. The largest absolute Gasteiger partial charge is 0.306 e. The van der Waals surface area contributed by atoms with Gasteiger partial charge in [0.1, 0.15) is 40.7 Å². The summed E-state index contributed by atoms with van der Waals surface area (Å²) < 4.78 is 47.4. The molecule has 23 heteroatoms. The molecule has 0 radical (unpaired) electrons. The number of rotatable bonds is 0. The van der Waals surface area contributed by atoms with E-state index in [2.05, 4.69) is 119 Å². The van der Waals surface area contributed by atoms with Crippen LogP contribution >= 0.6 is 56.7 Å². The van der Waals surface area contributed by atoms with Crippen molar-refractivity contribution in [2.75, 3.05) is 80.5 Å². The topological polar surface area (TPSA) is 153 Å². The monoisotopic (exact) mass is 1560 g/mol. The molecule has 0 saturated carbocycles. The third-order valence-corrected chi connectivity index (χ3v) is 19.0. The molecular weight excluding hydrogens is 1480 g/mol. The normalized spacial score (nSPS) is 14.7. The van der Waals surface area contributed by atoms with Crippen molar-refractivity contribution in [3.8, 4) is 36.0 Å². The molecule has 532 valence electrons. The zero-order chi connectivity index (χ0) is 71.1. The Morgan fingerprint density at radius 2 is 0.612 bits per heavy atom. The van der Waals surface area contributed by atoms with Crippen molar-refractivity contribution in [2.24, 2.45) is 0 Å². The van der Waals surface area contributed by atoms with Crippen LogP contribution in [0.2, 0.25) is 0 Å². The quantitative estimate of drug-likeness (QED) is 0.133. The van der Waals surface area contributed by atoms with E-state index in [9.17, 15) is 32.3 Å². The molecule has 0 aliphatic carbocycles. The Kier molecular flexibility index (Phi) is 28.0. The molecule has 15 rings (SSSR count). The summed E-state index contributed by atoms with van der Waals surface area (Å²) in [5.41, 5.74) is 6.93. The van der Waals surface area contributed by atoms with Gasteiger partial charge in [-0.05, 0) is 226 Å². The second kappa shape index (κ2) is 36.9. The van der Waals surface area contributed by atoms with E-state index in [0.717, 1.165) is 182 Å². The van der Waals surface area contributed by atoms with Crippen molar-refractivity contribution in [1.29, 1.82) is 0 Å². The van der Waals surface area contributed by atoms with Crippen molar-refractivity contribution >= 4 is 100 Å². The maximum absolute atomic E-state index is 13.0. The molecule has 0 spiro atoms. The molecular formula is C80H79Br2Cl2F3N12O4. The molecule has 7 aromatic carbocycles. The Morgan fingerprint density at radius 3 is 0.971 bits per heavy atom. The lowest BCUT2D eigenvalue weighted by Gasteiger charge is -2.22. The van der Waals surface area contributed by atoms with Crippen LogP contribution in [0, 0.1) is 53.5 Å². The van der Waals surface area contributed by atoms with Crippen LogP contribution in [-0.4, -0.2) is 138 Å². The smallest absolute Gasteiger partial charge is 0.261 e. The molecule has 4 aliphatic rings. The number of nitrogens with zero attached hydrogens (tertiary/aromatic N) is 12. The minimum atomic E-state index is -0.280. The summed E-state index contributed by atoms with van der Waals surface area (Å²) >= 11 is 6.87. The Hall–Kier alpha value is -9.05. The van der Waals surface area contributed by atoms with Crippen LogP contribution in [0.1, 0.15) is 76.8 Å². The molecule has 0 unspecified atom stereocenters. The zero-order valence-corrected chi connectivity index (χ0v) is 62.6. The van der Waals surface area contributed by atoms with Crippen molar-refractivity contribution in [2.45, 2.75) is 77.5 Å². The fraction of sp³-hybridized carbons (Fsp3) is 0.300. The number of likely N-dealkylation sites (N-methyl/N-ethyl adjacent to an activating group) is 4. The molecule has 0 saturated heterocycles. The predicted octanol–water partition coefficient (Wildman–Crippen LogP) is 12.4. The number of aryl methyl sites for hydroxylation is 2. The first-order chi connectivity index (χ1) is 48.8. The van der Waals surface area contributed by atoms with Crippen molar-refractivity contribution in [3.05, 3.63) is 265 Å². The van der Waals surface area contributed by atoms with E-state index in [1.807, 2.05) is 78.9 Å². The van der Waals surface area contributed by atoms with Gasteiger partial charge < -0.3 is 19.6 Å². The van der Waals surface area contributed by atoms with Crippen LogP contribution in [0.4, 0.5) is 13.2 Å². The minimum Gasteiger partial charge on any atom is -0.306 e. The SMILES string of the molecule is C#Cc1ccc(F)cc1.CN1CCCc2nc3cc(Br)ccc3c(=O)n2CC1.CN1CCCc2nc3cc(C#Cc4ccc(F)cc4)ccc3c(=O)n2CC1.CN1CCCn2c(nc3cc(Br)ccc3c2=O)CC1.CN1CCCn2c(nc3cc(C#Cc4ccc(F)cc4)ccc3c2=O)CC1.Cl.Cl. The highest BCUT2D eigenvalue weighted by Gasteiger charge is 2.20. The lowest BCUT2D eigenvalue weighted by Crippen LogP contribution is -2.34. The molecule has 11 aromatic rings. The lowest BCUT2D eigenvalue weighted by molar-refractivity contribution is 0.295. The van der Waals surface area contributed by atoms with E-state index in [1.165, 1.54) is 36.4 Å². The fourth-order valence-electron chi connectivity index (χ4n) is 12.3. The summed E-state index contributed by atoms with van der Waals surface area (Å²) in [6, 6.07) is 40.3. The predicted molar refractivity (Wildman–Crippen MR) is 416 cm³/mol. The van der Waals surface area contributed by atoms with Crippen molar-refractivity contribution in [1.82, 2.24) is 57.8 Å². The van der Waals surface area contributed by atoms with Gasteiger partial charge in [0.15, 0.2) is 0 Å². The first kappa shape index (κ1) is 78.1. The standard InChI is InChI=1S/2C22H20FN3O.2C14H16BrN3O.C8H5F.2ClH/c1-25-12-2-13-26-21(11-14-25)24-20-15-17(7-10-19(20)22(26)27)4-3-16-5-8-18(23)9-6-16;1-25-12-2-3-21-24-20-15-17(5-4-16-6-9-18(23)10-7-16)8-11-19(20)22(27)26(21)14-13-25;1-17-6-2-7-18-13(5-8-17)16-12-9-10(15)3-4-11(12)14(18)19;1-17-6-2-3-13-16-12-9-10(15)4-5-11(12)14(19)18(13)8-7-17;1-2-7-3-5-8(9)6-4-7;;/h5-10,15H,2,11-14H2,1H3;6-11,15H,2-3,12-14H2,1H3;3-4,9H,2,5-8H2,1H3;4-5,9H,2-3,6-8H2,1H3;1,3-6H;2*1H. The third kappa shape index (κ3) is 20.7. The van der Waals surface area contributed by atoms with Gasteiger partial charge in [0.25, 0.3) is 22.2 Å². The number of halogens is 7. The van der Waals surface area contributed by atoms with Gasteiger partial charge >= 0.3 is 0 Å². The molecule has 0 N–H and O–H groups in total. The molecule has 0 amide bonds. The Labute approximate surface area is 625 Å². The van der Waals surface area contributed by atoms with Crippen LogP contribution in [-0.2, 0) is 51.9 Å². The van der Waals surface area contributed by atoms with Crippen LogP contribution in [0.15, 0.2) is 174 Å². The lowest BCUT2D eigenvalue weighted by atomic mass is 10.1. The minimum absolute atomic E-state index is 0. The van der Waals surface area contributed by atoms with Gasteiger partial charge in [-0.3, -0.25) is 37.4 Å². The van der Waals surface area contributed by atoms with Gasteiger partial charge in [-0.15, -0.1) is 31.2 Å². The number of benzene rings is 7. The first-order valence-corrected chi connectivity index (χ1v) is 35.4. The van der Waals surface area contributed by atoms with Gasteiger partial charge in [0, 0.05) is 115 Å². The summed E-state index contributed by atoms with van der Waals surface area (Å²) in [5.74, 6) is 17.3. The molecule has 0 bridgehead atoms. The second-order valence-electron chi connectivity index (χ2n) is 25.5. The number of aromatic nitrogens is 8. The van der Waals surface area contributed by atoms with Crippen molar-refractivity contribution < 1.29 is 13.2 Å². The van der Waals surface area contributed by atoms with Crippen molar-refractivity contribution in [3.63, 3.8) is 0 Å². The molecule has 4 aliphatic heterocycles. The molecule has 16 nitrogen and oxygen atoms in total. The summed E-state index contributed by atoms with van der Waals surface area (Å²) in [4.78, 5) is 78.8. The first-order valence-electron chi connectivity index (χ1n) is 33.8. The van der Waals surface area contributed by atoms with Gasteiger partial charge in [0.05, 0.1) is 43.6 Å². The molecule has 0 atom stereocenters. The highest BCUT2D eigenvalue weighted by atomic mass is 79.9. The summed E-state index contributed by atoms with van der Waals surface area (Å²) in [6.07, 6.45) is 12.2. The molecule has 4 aromatic heterocycles. The average Bonchev–Trinajstić information content (AvgIpc) is 0.802. The van der Waals surface area contributed by atoms with Crippen LogP contribution in [0.3, 0.4) is 0 Å². The maximum Gasteiger partial charge on any atom is 0.261 e. The van der Waals surface area contributed by atoms with Gasteiger partial charge in [-0.2, -0.15) is 0 Å². The van der Waals surface area contributed by atoms with Crippen LogP contribution in [0.5, 0.6) is 0 Å². The number of hydrogen-bond donors (Lipinski definition) is 0. The van der Waals surface area contributed by atoms with E-state index in [-0.39, 0.29) is 64.5 Å². The van der Waals surface area contributed by atoms with E-state index >= 15 is 0 Å². The highest BCUT2D eigenvalue weighted by Crippen LogP contribution is 2.21. The van der Waals surface area contributed by atoms with Crippen LogP contribution in [0.25, 0.3) is 43.6 Å². The zero-order valence-electron chi connectivity index (χ0n) is 57.8. The van der Waals surface area contributed by atoms with Gasteiger partial charge in [0.2, 0.25) is 0 Å². The Balaban J connectivity index is 0.000000154. The molecule has 8 heterocycles. The Bertz CT molecular complexity index is 5280. The highest BCUT2D eigenvalue weighted by molar-refractivity contribution is 9.10. The number of fused-ring (bicyclic) bond motifs is 8. The third-order valence-electron chi connectivity index (χ3n) is 18.0. The number of hydrogen-bond acceptors (Lipinski definition) is 12. The van der Waals surface area contributed by atoms with E-state index < -0.39 is 0 Å². The summed E-state index contributed by atoms with van der Waals surface area (Å²) in [5, 5.41) is 2.66. The van der Waals surface area contributed by atoms with E-state index in [4.69, 9.17) is 16.4 Å². The average molecular weight is 1560 g/mol. The summed E-state index contributed by atoms with van der Waals surface area (Å²) in [6.45, 7) is 10.5. The van der Waals surface area contributed by atoms with Crippen LogP contribution < -0.4 is 22.2 Å². The molecule has 103 heavy (non-hydrogen) atoms.